The van der Waals surface area contributed by atoms with Crippen molar-refractivity contribution in [3.05, 3.63) is 82.3 Å². The van der Waals surface area contributed by atoms with Crippen LogP contribution in [-0.2, 0) is 36.9 Å². The van der Waals surface area contributed by atoms with Crippen LogP contribution in [-0.4, -0.2) is 101 Å². The molecule has 13 heteroatoms. The van der Waals surface area contributed by atoms with Gasteiger partial charge in [-0.1, -0.05) is 104 Å². The van der Waals surface area contributed by atoms with Gasteiger partial charge in [-0.15, -0.1) is 11.3 Å². The van der Waals surface area contributed by atoms with E-state index in [2.05, 4.69) is 55.4 Å². The van der Waals surface area contributed by atoms with Crippen molar-refractivity contribution < 1.29 is 23.9 Å². The minimum absolute atomic E-state index is 0.0105. The van der Waals surface area contributed by atoms with Gasteiger partial charge in [0.05, 0.1) is 37.2 Å². The van der Waals surface area contributed by atoms with E-state index in [1.54, 1.807) is 13.3 Å². The number of carbonyl (C=O) groups excluding carboxylic acids is 4. The van der Waals surface area contributed by atoms with Gasteiger partial charge in [-0.25, -0.2) is 4.98 Å². The average Bonchev–Trinajstić information content (AvgIpc) is 3.97. The van der Waals surface area contributed by atoms with E-state index in [1.807, 2.05) is 90.4 Å². The minimum atomic E-state index is -0.568. The number of hydrogen-bond acceptors (Lipinski definition) is 9. The number of amides is 4. The Morgan fingerprint density at radius 2 is 1.72 bits per heavy atom. The largest absolute Gasteiger partial charge is 0.399 e. The zero-order valence-electron chi connectivity index (χ0n) is 38.1. The standard InChI is InChI=1S/C48H73N7O5S/c1-10-12-24-55(43(57)30-51-47(59)44(32(3)4)53(8)31-37-20-16-21-38(49)27-37)45(33(5)11-2)41(60-9)29-42(56)54-25-17-22-40(54)34(6)35(7)46(58)52-39(48-50-23-26-61-48)28-36-18-14-13-15-19-36/h13-16,18-21,23,26-27,32-35,39-41,44-45H,10-12,17,22,24-25,28-31,49H2,1-9H3,(H,51,59)(H,52,58)/t33-,34+,35+,39-,40-,41+,44-,45-/m0/s1. The van der Waals surface area contributed by atoms with Crippen LogP contribution in [0.15, 0.2) is 66.2 Å². The fourth-order valence-electron chi connectivity index (χ4n) is 8.96. The summed E-state index contributed by atoms with van der Waals surface area (Å²) < 4.78 is 6.16. The number of aromatic nitrogens is 1. The van der Waals surface area contributed by atoms with Gasteiger partial charge in [0.1, 0.15) is 5.01 Å². The highest BCUT2D eigenvalue weighted by Crippen LogP contribution is 2.32. The van der Waals surface area contributed by atoms with E-state index in [9.17, 15) is 19.2 Å². The molecule has 1 aliphatic rings. The third-order valence-electron chi connectivity index (χ3n) is 12.7. The quantitative estimate of drug-likeness (QED) is 0.0808. The lowest BCUT2D eigenvalue weighted by molar-refractivity contribution is -0.145. The second kappa shape index (κ2) is 24.3. The normalized spacial score (nSPS) is 17.6. The smallest absolute Gasteiger partial charge is 0.242 e. The van der Waals surface area contributed by atoms with Crippen molar-refractivity contribution in [1.82, 2.24) is 30.3 Å². The highest BCUT2D eigenvalue weighted by Gasteiger charge is 2.41. The molecule has 4 amide bonds. The summed E-state index contributed by atoms with van der Waals surface area (Å²) in [6.07, 6.45) is 6.01. The number of likely N-dealkylation sites (tertiary alicyclic amines) is 1. The lowest BCUT2D eigenvalue weighted by Crippen LogP contribution is -2.56. The highest BCUT2D eigenvalue weighted by atomic mass is 32.1. The molecule has 0 aliphatic carbocycles. The number of nitrogen functional groups attached to an aromatic ring is 1. The number of ether oxygens (including phenoxy) is 1. The maximum atomic E-state index is 14.4. The number of hydrogen-bond donors (Lipinski definition) is 3. The molecule has 1 aromatic heterocycles. The third kappa shape index (κ3) is 13.8. The molecular formula is C48H73N7O5S. The van der Waals surface area contributed by atoms with E-state index >= 15 is 0 Å². The molecule has 4 N–H and O–H groups in total. The molecule has 1 fully saturated rings. The lowest BCUT2D eigenvalue weighted by atomic mass is 9.86. The van der Waals surface area contributed by atoms with Crippen molar-refractivity contribution in [3.63, 3.8) is 0 Å². The molecule has 2 heterocycles. The van der Waals surface area contributed by atoms with Gasteiger partial charge in [0.15, 0.2) is 0 Å². The number of benzene rings is 2. The Bertz CT molecular complexity index is 1810. The SMILES string of the molecule is CCCCN(C(=O)CNC(=O)[C@H](C(C)C)N(C)Cc1cccc(N)c1)[C@@H]([C@@H](C)CC)[C@@H](CC(=O)N1CCC[C@H]1[C@H](C)[C@@H](C)C(=O)N[C@@H](Cc1ccccc1)c1nccs1)OC. The second-order valence-electron chi connectivity index (χ2n) is 17.4. The molecule has 1 aliphatic heterocycles. The fourth-order valence-corrected chi connectivity index (χ4v) is 9.65. The summed E-state index contributed by atoms with van der Waals surface area (Å²) in [4.78, 5) is 66.7. The molecule has 0 bridgehead atoms. The Morgan fingerprint density at radius 3 is 2.34 bits per heavy atom. The minimum Gasteiger partial charge on any atom is -0.399 e. The Hall–Kier alpha value is -4.33. The van der Waals surface area contributed by atoms with Crippen LogP contribution in [0.3, 0.4) is 0 Å². The summed E-state index contributed by atoms with van der Waals surface area (Å²) in [7, 11) is 3.53. The zero-order chi connectivity index (χ0) is 44.6. The van der Waals surface area contributed by atoms with Gasteiger partial charge in [-0.3, -0.25) is 24.1 Å². The van der Waals surface area contributed by atoms with Gasteiger partial charge in [0, 0.05) is 56.0 Å². The number of methoxy groups -OCH3 is 1. The van der Waals surface area contributed by atoms with E-state index in [0.29, 0.717) is 31.7 Å². The Labute approximate surface area is 369 Å². The van der Waals surface area contributed by atoms with Crippen LogP contribution in [0.1, 0.15) is 109 Å². The van der Waals surface area contributed by atoms with Crippen molar-refractivity contribution >= 4 is 40.7 Å². The van der Waals surface area contributed by atoms with Crippen LogP contribution in [0.4, 0.5) is 5.69 Å². The first-order valence-corrected chi connectivity index (χ1v) is 23.3. The molecular weight excluding hydrogens is 787 g/mol. The predicted octanol–water partition coefficient (Wildman–Crippen LogP) is 7.11. The van der Waals surface area contributed by atoms with Crippen LogP contribution in [0, 0.1) is 23.7 Å². The topological polar surface area (TPSA) is 150 Å². The predicted molar refractivity (Wildman–Crippen MR) is 245 cm³/mol. The molecule has 61 heavy (non-hydrogen) atoms. The summed E-state index contributed by atoms with van der Waals surface area (Å²) in [5.41, 5.74) is 8.81. The van der Waals surface area contributed by atoms with Crippen LogP contribution in [0.5, 0.6) is 0 Å². The number of unbranched alkanes of at least 4 members (excludes halogenated alkanes) is 1. The maximum absolute atomic E-state index is 14.4. The summed E-state index contributed by atoms with van der Waals surface area (Å²) in [5.74, 6) is -0.950. The van der Waals surface area contributed by atoms with Crippen LogP contribution < -0.4 is 16.4 Å². The van der Waals surface area contributed by atoms with Gasteiger partial charge in [0.2, 0.25) is 23.6 Å². The van der Waals surface area contributed by atoms with E-state index < -0.39 is 18.2 Å². The van der Waals surface area contributed by atoms with E-state index in [4.69, 9.17) is 10.5 Å². The fraction of sp³-hybridized carbons (Fsp3) is 0.604. The number of likely N-dealkylation sites (N-methyl/N-ethyl adjacent to an activating group) is 1. The van der Waals surface area contributed by atoms with Gasteiger partial charge in [-0.05, 0) is 73.7 Å². The molecule has 0 radical (unpaired) electrons. The molecule has 336 valence electrons. The van der Waals surface area contributed by atoms with Gasteiger partial charge >= 0.3 is 0 Å². The van der Waals surface area contributed by atoms with Crippen molar-refractivity contribution in [2.24, 2.45) is 23.7 Å². The number of nitrogens with one attached hydrogen (secondary N) is 2. The van der Waals surface area contributed by atoms with Crippen molar-refractivity contribution in [1.29, 1.82) is 0 Å². The molecule has 4 rings (SSSR count). The maximum Gasteiger partial charge on any atom is 0.242 e. The Balaban J connectivity index is 1.45. The van der Waals surface area contributed by atoms with E-state index in [0.717, 1.165) is 48.2 Å². The molecule has 12 nitrogen and oxygen atoms in total. The van der Waals surface area contributed by atoms with Crippen LogP contribution in [0.25, 0.3) is 0 Å². The molecule has 0 saturated carbocycles. The first-order valence-electron chi connectivity index (χ1n) is 22.4. The molecule has 0 spiro atoms. The first kappa shape index (κ1) is 49.3. The number of thiazole rings is 1. The van der Waals surface area contributed by atoms with Crippen molar-refractivity contribution in [3.8, 4) is 0 Å². The number of rotatable bonds is 24. The lowest BCUT2D eigenvalue weighted by Gasteiger charge is -2.41. The molecule has 2 aromatic carbocycles. The van der Waals surface area contributed by atoms with E-state index in [1.165, 1.54) is 11.3 Å². The van der Waals surface area contributed by atoms with Gasteiger partial charge in [0.25, 0.3) is 0 Å². The summed E-state index contributed by atoms with van der Waals surface area (Å²) in [6, 6.07) is 16.5. The van der Waals surface area contributed by atoms with Crippen molar-refractivity contribution in [2.45, 2.75) is 130 Å². The molecule has 1 saturated heterocycles. The highest BCUT2D eigenvalue weighted by molar-refractivity contribution is 7.09. The summed E-state index contributed by atoms with van der Waals surface area (Å²) in [6.45, 7) is 15.8. The Morgan fingerprint density at radius 1 is 1.00 bits per heavy atom. The molecule has 3 aromatic rings. The second-order valence-corrected chi connectivity index (χ2v) is 18.4. The summed E-state index contributed by atoms with van der Waals surface area (Å²) >= 11 is 1.53. The number of nitrogens with zero attached hydrogens (tertiary/aromatic N) is 4. The zero-order valence-corrected chi connectivity index (χ0v) is 39.0. The Kier molecular flexibility index (Phi) is 19.7. The number of nitrogens with two attached hydrogens (primary N) is 1. The first-order chi connectivity index (χ1) is 29.2. The summed E-state index contributed by atoms with van der Waals surface area (Å²) in [5, 5.41) is 9.06. The van der Waals surface area contributed by atoms with Gasteiger partial charge < -0.3 is 30.9 Å². The van der Waals surface area contributed by atoms with E-state index in [-0.39, 0.29) is 72.3 Å². The average molecular weight is 860 g/mol. The number of anilines is 1. The van der Waals surface area contributed by atoms with Crippen LogP contribution >= 0.6 is 11.3 Å². The monoisotopic (exact) mass is 860 g/mol. The molecule has 8 atom stereocenters. The number of carbonyl (C=O) groups is 4. The van der Waals surface area contributed by atoms with Gasteiger partial charge in [-0.2, -0.15) is 0 Å². The molecule has 0 unspecified atom stereocenters. The third-order valence-corrected chi connectivity index (χ3v) is 13.6. The van der Waals surface area contributed by atoms with Crippen molar-refractivity contribution in [2.75, 3.05) is 39.5 Å². The van der Waals surface area contributed by atoms with Crippen LogP contribution in [0.2, 0.25) is 0 Å².